The number of hydrogen-bond acceptors (Lipinski definition) is 3. The van der Waals surface area contributed by atoms with Crippen LogP contribution in [0, 0.1) is 0 Å². The highest BCUT2D eigenvalue weighted by Crippen LogP contribution is 2.38. The molecule has 2 heterocycles. The molecule has 3 aromatic carbocycles. The lowest BCUT2D eigenvalue weighted by atomic mass is 9.96. The maximum atomic E-state index is 14.0. The lowest BCUT2D eigenvalue weighted by molar-refractivity contribution is 0.0529. The zero-order valence-corrected chi connectivity index (χ0v) is 19.5. The van der Waals surface area contributed by atoms with E-state index in [1.54, 1.807) is 19.1 Å². The van der Waals surface area contributed by atoms with Crippen molar-refractivity contribution in [2.24, 2.45) is 0 Å². The van der Waals surface area contributed by atoms with Crippen molar-refractivity contribution < 1.29 is 14.3 Å². The van der Waals surface area contributed by atoms with Crippen molar-refractivity contribution in [3.05, 3.63) is 112 Å². The Kier molecular flexibility index (Phi) is 5.56. The van der Waals surface area contributed by atoms with Crippen molar-refractivity contribution in [2.45, 2.75) is 6.92 Å². The number of aromatic nitrogens is 1. The Morgan fingerprint density at radius 2 is 1.52 bits per heavy atom. The summed E-state index contributed by atoms with van der Waals surface area (Å²) in [6.45, 7) is 2.02. The SMILES string of the molecule is CCOC(=O)c1c(-c2ccc(Br)cc2)c(C(=O)c2ccccc2)n2c1ccc1ccccc12. The Labute approximate surface area is 199 Å². The molecule has 0 bridgehead atoms. The van der Waals surface area contributed by atoms with Gasteiger partial charge in [0, 0.05) is 15.6 Å². The molecule has 0 saturated heterocycles. The fraction of sp³-hybridized carbons (Fsp3) is 0.0714. The maximum absolute atomic E-state index is 14.0. The molecule has 5 rings (SSSR count). The second kappa shape index (κ2) is 8.68. The molecule has 0 N–H and O–H groups in total. The number of pyridine rings is 1. The minimum atomic E-state index is -0.449. The van der Waals surface area contributed by atoms with E-state index in [0.717, 1.165) is 20.9 Å². The van der Waals surface area contributed by atoms with Crippen LogP contribution in [0.2, 0.25) is 0 Å². The van der Waals surface area contributed by atoms with Crippen LogP contribution in [-0.4, -0.2) is 22.8 Å². The average molecular weight is 498 g/mol. The fourth-order valence-corrected chi connectivity index (χ4v) is 4.51. The predicted molar refractivity (Wildman–Crippen MR) is 134 cm³/mol. The first-order valence-corrected chi connectivity index (χ1v) is 11.5. The number of carbonyl (C=O) groups excluding carboxylic acids is 2. The third-order valence-corrected chi connectivity index (χ3v) is 6.20. The second-order valence-corrected chi connectivity index (χ2v) is 8.55. The van der Waals surface area contributed by atoms with Gasteiger partial charge < -0.3 is 9.14 Å². The van der Waals surface area contributed by atoms with Gasteiger partial charge in [-0.25, -0.2) is 4.79 Å². The van der Waals surface area contributed by atoms with Crippen molar-refractivity contribution >= 4 is 44.1 Å². The number of benzene rings is 3. The molecule has 0 fully saturated rings. The lowest BCUT2D eigenvalue weighted by Gasteiger charge is -2.10. The van der Waals surface area contributed by atoms with Gasteiger partial charge in [-0.1, -0.05) is 82.7 Å². The third-order valence-electron chi connectivity index (χ3n) is 5.67. The summed E-state index contributed by atoms with van der Waals surface area (Å²) >= 11 is 3.48. The summed E-state index contributed by atoms with van der Waals surface area (Å²) in [4.78, 5) is 27.2. The van der Waals surface area contributed by atoms with Crippen LogP contribution in [0.4, 0.5) is 0 Å². The van der Waals surface area contributed by atoms with Gasteiger partial charge in [0.25, 0.3) is 0 Å². The number of nitrogens with zero attached hydrogens (tertiary/aromatic N) is 1. The van der Waals surface area contributed by atoms with Gasteiger partial charge in [-0.2, -0.15) is 0 Å². The molecule has 5 aromatic rings. The van der Waals surface area contributed by atoms with E-state index in [1.165, 1.54) is 0 Å². The van der Waals surface area contributed by atoms with Crippen LogP contribution in [0.1, 0.15) is 33.3 Å². The molecule has 5 heteroatoms. The van der Waals surface area contributed by atoms with Gasteiger partial charge in [0.15, 0.2) is 0 Å². The van der Waals surface area contributed by atoms with Crippen LogP contribution >= 0.6 is 15.9 Å². The monoisotopic (exact) mass is 497 g/mol. The first kappa shape index (κ1) is 21.2. The van der Waals surface area contributed by atoms with Crippen molar-refractivity contribution in [3.8, 4) is 11.1 Å². The Hall–Kier alpha value is -3.70. The van der Waals surface area contributed by atoms with Crippen LogP contribution in [0.15, 0.2) is 95.5 Å². The van der Waals surface area contributed by atoms with E-state index >= 15 is 0 Å². The van der Waals surface area contributed by atoms with Gasteiger partial charge >= 0.3 is 5.97 Å². The van der Waals surface area contributed by atoms with Crippen LogP contribution in [-0.2, 0) is 4.74 Å². The van der Waals surface area contributed by atoms with E-state index in [4.69, 9.17) is 4.74 Å². The Morgan fingerprint density at radius 3 is 2.24 bits per heavy atom. The van der Waals surface area contributed by atoms with Crippen molar-refractivity contribution in [3.63, 3.8) is 0 Å². The van der Waals surface area contributed by atoms with E-state index in [2.05, 4.69) is 15.9 Å². The van der Waals surface area contributed by atoms with Crippen molar-refractivity contribution in [1.29, 1.82) is 0 Å². The van der Waals surface area contributed by atoms with Crippen molar-refractivity contribution in [2.75, 3.05) is 6.61 Å². The summed E-state index contributed by atoms with van der Waals surface area (Å²) in [6.07, 6.45) is 0. The fourth-order valence-electron chi connectivity index (χ4n) is 4.25. The van der Waals surface area contributed by atoms with E-state index in [1.807, 2.05) is 83.3 Å². The normalized spacial score (nSPS) is 11.1. The summed E-state index contributed by atoms with van der Waals surface area (Å²) < 4.78 is 8.27. The quantitative estimate of drug-likeness (QED) is 0.195. The molecule has 0 spiro atoms. The molecule has 2 aromatic heterocycles. The first-order valence-electron chi connectivity index (χ1n) is 10.7. The van der Waals surface area contributed by atoms with Crippen LogP contribution in [0.5, 0.6) is 0 Å². The molecule has 33 heavy (non-hydrogen) atoms. The standard InChI is InChI=1S/C28H20BrNO3/c1-2-33-28(32)25-23-17-14-18-8-6-7-11-22(18)30(23)26(27(31)20-9-4-3-5-10-20)24(25)19-12-15-21(29)16-13-19/h3-17H,2H2,1H3. The molecule has 0 atom stereocenters. The van der Waals surface area contributed by atoms with Gasteiger partial charge in [0.2, 0.25) is 5.78 Å². The molecule has 0 unspecified atom stereocenters. The number of hydrogen-bond donors (Lipinski definition) is 0. The van der Waals surface area contributed by atoms with E-state index in [-0.39, 0.29) is 12.4 Å². The number of halogens is 1. The van der Waals surface area contributed by atoms with E-state index in [9.17, 15) is 9.59 Å². The molecule has 0 radical (unpaired) electrons. The van der Waals surface area contributed by atoms with Gasteiger partial charge in [0.05, 0.1) is 23.2 Å². The summed E-state index contributed by atoms with van der Waals surface area (Å²) in [6, 6.07) is 28.5. The number of rotatable bonds is 5. The number of ether oxygens (including phenoxy) is 1. The van der Waals surface area contributed by atoms with Gasteiger partial charge in [-0.3, -0.25) is 4.79 Å². The zero-order chi connectivity index (χ0) is 22.9. The second-order valence-electron chi connectivity index (χ2n) is 7.63. The summed E-state index contributed by atoms with van der Waals surface area (Å²) in [5.41, 5.74) is 4.23. The topological polar surface area (TPSA) is 47.8 Å². The zero-order valence-electron chi connectivity index (χ0n) is 17.9. The van der Waals surface area contributed by atoms with Crippen LogP contribution in [0.3, 0.4) is 0 Å². The Bertz CT molecular complexity index is 1500. The maximum Gasteiger partial charge on any atom is 0.340 e. The Balaban J connectivity index is 1.97. The van der Waals surface area contributed by atoms with E-state index < -0.39 is 5.97 Å². The average Bonchev–Trinajstić information content (AvgIpc) is 3.20. The highest BCUT2D eigenvalue weighted by atomic mass is 79.9. The molecule has 0 aliphatic rings. The Morgan fingerprint density at radius 1 is 0.818 bits per heavy atom. The number of para-hydroxylation sites is 1. The van der Waals surface area contributed by atoms with Gasteiger partial charge in [0.1, 0.15) is 5.69 Å². The lowest BCUT2D eigenvalue weighted by Crippen LogP contribution is -2.08. The molecule has 0 amide bonds. The van der Waals surface area contributed by atoms with Gasteiger partial charge in [-0.05, 0) is 42.1 Å². The van der Waals surface area contributed by atoms with Crippen molar-refractivity contribution in [1.82, 2.24) is 4.40 Å². The first-order chi connectivity index (χ1) is 16.1. The molecule has 0 aliphatic carbocycles. The van der Waals surface area contributed by atoms with Crippen LogP contribution in [0.25, 0.3) is 27.5 Å². The highest BCUT2D eigenvalue weighted by molar-refractivity contribution is 9.10. The molecule has 162 valence electrons. The molecular weight excluding hydrogens is 478 g/mol. The third kappa shape index (κ3) is 3.64. The summed E-state index contributed by atoms with van der Waals surface area (Å²) in [7, 11) is 0. The van der Waals surface area contributed by atoms with Crippen LogP contribution < -0.4 is 0 Å². The summed E-state index contributed by atoms with van der Waals surface area (Å²) in [5.74, 6) is -0.606. The molecule has 0 aliphatic heterocycles. The molecular formula is C28H20BrNO3. The van der Waals surface area contributed by atoms with E-state index in [0.29, 0.717) is 27.9 Å². The number of fused-ring (bicyclic) bond motifs is 3. The molecule has 4 nitrogen and oxygen atoms in total. The summed E-state index contributed by atoms with van der Waals surface area (Å²) in [5, 5.41) is 0.972. The van der Waals surface area contributed by atoms with Gasteiger partial charge in [-0.15, -0.1) is 0 Å². The predicted octanol–water partition coefficient (Wildman–Crippen LogP) is 6.93. The number of esters is 1. The number of ketones is 1. The molecule has 0 saturated carbocycles. The largest absolute Gasteiger partial charge is 0.462 e. The minimum Gasteiger partial charge on any atom is -0.462 e. The smallest absolute Gasteiger partial charge is 0.340 e. The minimum absolute atomic E-state index is 0.157. The highest BCUT2D eigenvalue weighted by Gasteiger charge is 2.30. The number of carbonyl (C=O) groups is 2.